The molecule has 0 atom stereocenters. The minimum Gasteiger partial charge on any atom is -0.370 e. The fourth-order valence-electron chi connectivity index (χ4n) is 2.44. The van der Waals surface area contributed by atoms with Crippen LogP contribution in [0, 0.1) is 12.8 Å². The number of benzene rings is 1. The van der Waals surface area contributed by atoms with Gasteiger partial charge in [-0.15, -0.1) is 10.2 Å². The first kappa shape index (κ1) is 20.0. The van der Waals surface area contributed by atoms with Crippen molar-refractivity contribution in [2.75, 3.05) is 11.1 Å². The third-order valence-electron chi connectivity index (χ3n) is 3.57. The highest BCUT2D eigenvalue weighted by Crippen LogP contribution is 2.20. The number of hydrogen-bond acceptors (Lipinski definition) is 5. The number of nitrogens with one attached hydrogen (secondary N) is 1. The van der Waals surface area contributed by atoms with Gasteiger partial charge in [0.2, 0.25) is 11.8 Å². The zero-order chi connectivity index (χ0) is 19.1. The zero-order valence-electron chi connectivity index (χ0n) is 15.4. The van der Waals surface area contributed by atoms with Gasteiger partial charge in [-0.3, -0.25) is 9.59 Å². The van der Waals surface area contributed by atoms with Gasteiger partial charge in [-0.1, -0.05) is 37.7 Å². The predicted octanol–water partition coefficient (Wildman–Crippen LogP) is 2.39. The largest absolute Gasteiger partial charge is 0.370 e. The standard InChI is InChI=1S/C18H25N5O2S/c1-12(2)10-23-16(8-7-15(19)24)21-22-18(23)26-11-17(25)20-14-6-4-5-13(3)9-14/h4-6,9,12H,7-8,10-11H2,1-3H3,(H2,19,24)(H,20,25). The molecule has 1 aromatic carbocycles. The predicted molar refractivity (Wildman–Crippen MR) is 103 cm³/mol. The van der Waals surface area contributed by atoms with Gasteiger partial charge in [-0.05, 0) is 30.5 Å². The van der Waals surface area contributed by atoms with Crippen molar-refractivity contribution in [3.63, 3.8) is 0 Å². The third-order valence-corrected chi connectivity index (χ3v) is 4.54. The number of thioether (sulfide) groups is 1. The summed E-state index contributed by atoms with van der Waals surface area (Å²) >= 11 is 1.34. The molecule has 140 valence electrons. The molecule has 7 nitrogen and oxygen atoms in total. The Morgan fingerprint density at radius 2 is 2.08 bits per heavy atom. The van der Waals surface area contributed by atoms with Crippen LogP contribution in [0.5, 0.6) is 0 Å². The summed E-state index contributed by atoms with van der Waals surface area (Å²) in [5.74, 6) is 0.882. The molecule has 1 aromatic heterocycles. The van der Waals surface area contributed by atoms with Gasteiger partial charge in [0.1, 0.15) is 5.82 Å². The molecule has 0 spiro atoms. The molecular formula is C18H25N5O2S. The van der Waals surface area contributed by atoms with Gasteiger partial charge in [-0.25, -0.2) is 0 Å². The summed E-state index contributed by atoms with van der Waals surface area (Å²) in [6.07, 6.45) is 0.680. The van der Waals surface area contributed by atoms with E-state index in [1.165, 1.54) is 11.8 Å². The van der Waals surface area contributed by atoms with E-state index in [1.807, 2.05) is 35.8 Å². The van der Waals surface area contributed by atoms with Crippen LogP contribution in [0.4, 0.5) is 5.69 Å². The molecule has 1 heterocycles. The fourth-order valence-corrected chi connectivity index (χ4v) is 3.21. The van der Waals surface area contributed by atoms with Crippen molar-refractivity contribution in [2.24, 2.45) is 11.7 Å². The number of aromatic nitrogens is 3. The maximum absolute atomic E-state index is 12.2. The number of carbonyl (C=O) groups is 2. The van der Waals surface area contributed by atoms with Crippen LogP contribution in [-0.4, -0.2) is 32.3 Å². The molecule has 0 aliphatic rings. The molecule has 3 N–H and O–H groups in total. The van der Waals surface area contributed by atoms with Gasteiger partial charge in [0.25, 0.3) is 0 Å². The summed E-state index contributed by atoms with van der Waals surface area (Å²) in [6, 6.07) is 7.67. The van der Waals surface area contributed by atoms with Crippen molar-refractivity contribution in [2.45, 2.75) is 45.3 Å². The topological polar surface area (TPSA) is 103 Å². The molecule has 0 unspecified atom stereocenters. The Bertz CT molecular complexity index is 773. The minimum absolute atomic E-state index is 0.0987. The van der Waals surface area contributed by atoms with Crippen LogP contribution in [0.3, 0.4) is 0 Å². The molecule has 0 saturated heterocycles. The molecule has 0 aliphatic carbocycles. The molecule has 0 saturated carbocycles. The number of primary amides is 1. The summed E-state index contributed by atoms with van der Waals surface area (Å²) < 4.78 is 1.97. The number of nitrogens with two attached hydrogens (primary N) is 1. The van der Waals surface area contributed by atoms with Crippen molar-refractivity contribution < 1.29 is 9.59 Å². The lowest BCUT2D eigenvalue weighted by atomic mass is 10.2. The molecular weight excluding hydrogens is 350 g/mol. The van der Waals surface area contributed by atoms with E-state index in [4.69, 9.17) is 5.73 Å². The van der Waals surface area contributed by atoms with E-state index in [0.29, 0.717) is 17.5 Å². The third kappa shape index (κ3) is 6.18. The van der Waals surface area contributed by atoms with E-state index in [1.54, 1.807) is 0 Å². The minimum atomic E-state index is -0.365. The van der Waals surface area contributed by atoms with Crippen LogP contribution in [0.15, 0.2) is 29.4 Å². The first-order valence-corrected chi connectivity index (χ1v) is 9.53. The van der Waals surface area contributed by atoms with E-state index in [0.717, 1.165) is 23.6 Å². The van der Waals surface area contributed by atoms with Gasteiger partial charge in [-0.2, -0.15) is 0 Å². The van der Waals surface area contributed by atoms with Crippen LogP contribution in [0.25, 0.3) is 0 Å². The number of nitrogens with zero attached hydrogens (tertiary/aromatic N) is 3. The Labute approximate surface area is 157 Å². The Morgan fingerprint density at radius 3 is 2.73 bits per heavy atom. The molecule has 8 heteroatoms. The van der Waals surface area contributed by atoms with Gasteiger partial charge in [0.05, 0.1) is 5.75 Å². The van der Waals surface area contributed by atoms with Crippen molar-refractivity contribution in [1.82, 2.24) is 14.8 Å². The molecule has 0 bridgehead atoms. The normalized spacial score (nSPS) is 10.9. The van der Waals surface area contributed by atoms with Crippen molar-refractivity contribution in [1.29, 1.82) is 0 Å². The van der Waals surface area contributed by atoms with E-state index in [2.05, 4.69) is 29.4 Å². The van der Waals surface area contributed by atoms with Crippen LogP contribution < -0.4 is 11.1 Å². The average Bonchev–Trinajstić information content (AvgIpc) is 2.92. The summed E-state index contributed by atoms with van der Waals surface area (Å²) in [5.41, 5.74) is 7.09. The number of carbonyl (C=O) groups excluding carboxylic acids is 2. The maximum Gasteiger partial charge on any atom is 0.234 e. The first-order chi connectivity index (χ1) is 12.3. The first-order valence-electron chi connectivity index (χ1n) is 8.55. The van der Waals surface area contributed by atoms with Crippen molar-refractivity contribution in [3.8, 4) is 0 Å². The second-order valence-electron chi connectivity index (χ2n) is 6.58. The number of amides is 2. The molecule has 2 amide bonds. The number of rotatable bonds is 9. The molecule has 0 radical (unpaired) electrons. The van der Waals surface area contributed by atoms with Crippen LogP contribution >= 0.6 is 11.8 Å². The SMILES string of the molecule is Cc1cccc(NC(=O)CSc2nnc(CCC(N)=O)n2CC(C)C)c1. The second-order valence-corrected chi connectivity index (χ2v) is 7.52. The fraction of sp³-hybridized carbons (Fsp3) is 0.444. The monoisotopic (exact) mass is 375 g/mol. The van der Waals surface area contributed by atoms with E-state index < -0.39 is 0 Å². The van der Waals surface area contributed by atoms with Crippen LogP contribution in [-0.2, 0) is 22.6 Å². The van der Waals surface area contributed by atoms with Crippen molar-refractivity contribution in [3.05, 3.63) is 35.7 Å². The quantitative estimate of drug-likeness (QED) is 0.655. The summed E-state index contributed by atoms with van der Waals surface area (Å²) in [4.78, 5) is 23.2. The van der Waals surface area contributed by atoms with Gasteiger partial charge >= 0.3 is 0 Å². The van der Waals surface area contributed by atoms with Gasteiger partial charge in [0, 0.05) is 25.1 Å². The summed E-state index contributed by atoms with van der Waals surface area (Å²) in [6.45, 7) is 6.89. The molecule has 2 rings (SSSR count). The second kappa shape index (κ2) is 9.38. The molecule has 0 fully saturated rings. The number of anilines is 1. The van der Waals surface area contributed by atoms with Crippen LogP contribution in [0.2, 0.25) is 0 Å². The molecule has 26 heavy (non-hydrogen) atoms. The van der Waals surface area contributed by atoms with E-state index >= 15 is 0 Å². The van der Waals surface area contributed by atoms with Crippen molar-refractivity contribution >= 4 is 29.3 Å². The highest BCUT2D eigenvalue weighted by Gasteiger charge is 2.16. The Morgan fingerprint density at radius 1 is 1.31 bits per heavy atom. The lowest BCUT2D eigenvalue weighted by Gasteiger charge is -2.12. The van der Waals surface area contributed by atoms with Crippen LogP contribution in [0.1, 0.15) is 31.7 Å². The highest BCUT2D eigenvalue weighted by atomic mass is 32.2. The van der Waals surface area contributed by atoms with E-state index in [-0.39, 0.29) is 24.0 Å². The molecule has 2 aromatic rings. The molecule has 0 aliphatic heterocycles. The summed E-state index contributed by atoms with van der Waals surface area (Å²) in [5, 5.41) is 11.9. The highest BCUT2D eigenvalue weighted by molar-refractivity contribution is 7.99. The summed E-state index contributed by atoms with van der Waals surface area (Å²) in [7, 11) is 0. The number of aryl methyl sites for hydroxylation is 2. The average molecular weight is 375 g/mol. The van der Waals surface area contributed by atoms with E-state index in [9.17, 15) is 9.59 Å². The zero-order valence-corrected chi connectivity index (χ0v) is 16.2. The van der Waals surface area contributed by atoms with Gasteiger partial charge in [0.15, 0.2) is 5.16 Å². The Hall–Kier alpha value is -2.35. The lowest BCUT2D eigenvalue weighted by Crippen LogP contribution is -2.16. The lowest BCUT2D eigenvalue weighted by molar-refractivity contribution is -0.118. The maximum atomic E-state index is 12.2. The Kier molecular flexibility index (Phi) is 7.20. The smallest absolute Gasteiger partial charge is 0.234 e. The number of hydrogen-bond donors (Lipinski definition) is 2. The Balaban J connectivity index is 2.01. The van der Waals surface area contributed by atoms with Gasteiger partial charge < -0.3 is 15.6 Å².